The molecule has 0 bridgehead atoms. The summed E-state index contributed by atoms with van der Waals surface area (Å²) in [6.45, 7) is 4.45. The monoisotopic (exact) mass is 330 g/mol. The van der Waals surface area contributed by atoms with Gasteiger partial charge in [-0.25, -0.2) is 0 Å². The summed E-state index contributed by atoms with van der Waals surface area (Å²) in [6, 6.07) is 5.99. The molecule has 100 valence electrons. The minimum absolute atomic E-state index is 0.809. The highest BCUT2D eigenvalue weighted by molar-refractivity contribution is 9.10. The third-order valence-corrected chi connectivity index (χ3v) is 4.49. The van der Waals surface area contributed by atoms with E-state index in [1.165, 1.54) is 38.0 Å². The van der Waals surface area contributed by atoms with Crippen molar-refractivity contribution in [1.82, 2.24) is 10.2 Å². The smallest absolute Gasteiger partial charge is 0.0410 e. The second kappa shape index (κ2) is 6.90. The summed E-state index contributed by atoms with van der Waals surface area (Å²) >= 11 is 9.63. The first-order valence-electron chi connectivity index (χ1n) is 6.48. The molecule has 18 heavy (non-hydrogen) atoms. The van der Waals surface area contributed by atoms with E-state index in [9.17, 15) is 0 Å². The minimum Gasteiger partial charge on any atom is -0.317 e. The standard InChI is InChI=1S/C14H20BrClN2/c1-18(9-11-4-6-17-7-5-11)10-12-8-13(16)2-3-14(12)15/h2-3,8,11,17H,4-7,9-10H2,1H3. The zero-order chi connectivity index (χ0) is 13.0. The molecule has 0 atom stereocenters. The van der Waals surface area contributed by atoms with Gasteiger partial charge >= 0.3 is 0 Å². The van der Waals surface area contributed by atoms with Gasteiger partial charge in [0.05, 0.1) is 0 Å². The van der Waals surface area contributed by atoms with Gasteiger partial charge in [0, 0.05) is 22.6 Å². The molecular formula is C14H20BrClN2. The number of nitrogens with zero attached hydrogens (tertiary/aromatic N) is 1. The number of halogens is 2. The molecule has 0 unspecified atom stereocenters. The zero-order valence-electron chi connectivity index (χ0n) is 10.8. The molecule has 4 heteroatoms. The summed E-state index contributed by atoms with van der Waals surface area (Å²) in [5, 5.41) is 4.22. The fraction of sp³-hybridized carbons (Fsp3) is 0.571. The quantitative estimate of drug-likeness (QED) is 0.908. The van der Waals surface area contributed by atoms with Gasteiger partial charge in [-0.1, -0.05) is 27.5 Å². The van der Waals surface area contributed by atoms with Gasteiger partial charge in [-0.3, -0.25) is 0 Å². The van der Waals surface area contributed by atoms with Gasteiger partial charge < -0.3 is 10.2 Å². The van der Waals surface area contributed by atoms with Crippen molar-refractivity contribution < 1.29 is 0 Å². The lowest BCUT2D eigenvalue weighted by Gasteiger charge is -2.27. The molecule has 0 amide bonds. The van der Waals surface area contributed by atoms with E-state index >= 15 is 0 Å². The van der Waals surface area contributed by atoms with Crippen LogP contribution in [-0.2, 0) is 6.54 Å². The first kappa shape index (κ1) is 14.3. The Labute approximate surface area is 123 Å². The number of hydrogen-bond acceptors (Lipinski definition) is 2. The number of benzene rings is 1. The van der Waals surface area contributed by atoms with E-state index < -0.39 is 0 Å². The molecule has 0 aromatic heterocycles. The zero-order valence-corrected chi connectivity index (χ0v) is 13.1. The van der Waals surface area contributed by atoms with E-state index in [1.54, 1.807) is 0 Å². The molecule has 1 aliphatic heterocycles. The first-order chi connectivity index (χ1) is 8.65. The van der Waals surface area contributed by atoms with Crippen molar-refractivity contribution in [3.05, 3.63) is 33.3 Å². The normalized spacial score (nSPS) is 17.3. The van der Waals surface area contributed by atoms with Crippen molar-refractivity contribution in [2.45, 2.75) is 19.4 Å². The highest BCUT2D eigenvalue weighted by atomic mass is 79.9. The van der Waals surface area contributed by atoms with E-state index in [1.807, 2.05) is 18.2 Å². The van der Waals surface area contributed by atoms with E-state index in [0.717, 1.165) is 22.0 Å². The third-order valence-electron chi connectivity index (χ3n) is 3.48. The number of piperidine rings is 1. The van der Waals surface area contributed by atoms with Crippen LogP contribution in [0.1, 0.15) is 18.4 Å². The summed E-state index contributed by atoms with van der Waals surface area (Å²) < 4.78 is 1.14. The third kappa shape index (κ3) is 4.23. The predicted molar refractivity (Wildman–Crippen MR) is 81.1 cm³/mol. The Hall–Kier alpha value is -0.0900. The van der Waals surface area contributed by atoms with Crippen LogP contribution in [0.15, 0.2) is 22.7 Å². The lowest BCUT2D eigenvalue weighted by atomic mass is 9.97. The molecule has 0 radical (unpaired) electrons. The number of hydrogen-bond donors (Lipinski definition) is 1. The van der Waals surface area contributed by atoms with Crippen molar-refractivity contribution in [3.63, 3.8) is 0 Å². The Bertz CT molecular complexity index is 391. The summed E-state index contributed by atoms with van der Waals surface area (Å²) in [7, 11) is 2.19. The SMILES string of the molecule is CN(Cc1cc(Cl)ccc1Br)CC1CCNCC1. The molecule has 0 aliphatic carbocycles. The van der Waals surface area contributed by atoms with Crippen LogP contribution >= 0.6 is 27.5 Å². The fourth-order valence-electron chi connectivity index (χ4n) is 2.52. The van der Waals surface area contributed by atoms with Gasteiger partial charge in [-0.2, -0.15) is 0 Å². The van der Waals surface area contributed by atoms with Crippen LogP contribution in [-0.4, -0.2) is 31.6 Å². The summed E-state index contributed by atoms with van der Waals surface area (Å²) in [5.74, 6) is 0.828. The van der Waals surface area contributed by atoms with Crippen molar-refractivity contribution in [2.75, 3.05) is 26.7 Å². The van der Waals surface area contributed by atoms with Crippen LogP contribution in [0.2, 0.25) is 5.02 Å². The molecule has 1 aromatic rings. The molecule has 1 N–H and O–H groups in total. The van der Waals surface area contributed by atoms with Gasteiger partial charge in [-0.15, -0.1) is 0 Å². The van der Waals surface area contributed by atoms with Crippen molar-refractivity contribution in [3.8, 4) is 0 Å². The molecule has 2 nitrogen and oxygen atoms in total. The van der Waals surface area contributed by atoms with Gasteiger partial charge in [0.25, 0.3) is 0 Å². The van der Waals surface area contributed by atoms with Crippen LogP contribution < -0.4 is 5.32 Å². The highest BCUT2D eigenvalue weighted by Crippen LogP contribution is 2.23. The highest BCUT2D eigenvalue weighted by Gasteiger charge is 2.15. The van der Waals surface area contributed by atoms with Crippen LogP contribution in [0.4, 0.5) is 0 Å². The Morgan fingerprint density at radius 1 is 1.39 bits per heavy atom. The molecule has 1 saturated heterocycles. The molecule has 0 spiro atoms. The van der Waals surface area contributed by atoms with Crippen LogP contribution in [0.3, 0.4) is 0 Å². The van der Waals surface area contributed by atoms with Gasteiger partial charge in [0.2, 0.25) is 0 Å². The lowest BCUT2D eigenvalue weighted by molar-refractivity contribution is 0.234. The first-order valence-corrected chi connectivity index (χ1v) is 7.65. The maximum absolute atomic E-state index is 6.04. The second-order valence-corrected chi connectivity index (χ2v) is 6.42. The van der Waals surface area contributed by atoms with E-state index in [4.69, 9.17) is 11.6 Å². The van der Waals surface area contributed by atoms with Gasteiger partial charge in [0.15, 0.2) is 0 Å². The average Bonchev–Trinajstić information content (AvgIpc) is 2.35. The largest absolute Gasteiger partial charge is 0.317 e. The fourth-order valence-corrected chi connectivity index (χ4v) is 3.09. The molecular weight excluding hydrogens is 312 g/mol. The van der Waals surface area contributed by atoms with E-state index in [2.05, 4.69) is 33.2 Å². The van der Waals surface area contributed by atoms with E-state index in [0.29, 0.717) is 0 Å². The maximum Gasteiger partial charge on any atom is 0.0410 e. The lowest BCUT2D eigenvalue weighted by Crippen LogP contribution is -2.34. The second-order valence-electron chi connectivity index (χ2n) is 5.13. The van der Waals surface area contributed by atoms with Crippen LogP contribution in [0.5, 0.6) is 0 Å². The average molecular weight is 332 g/mol. The summed E-state index contributed by atoms with van der Waals surface area (Å²) in [6.07, 6.45) is 2.59. The number of nitrogens with one attached hydrogen (secondary N) is 1. The van der Waals surface area contributed by atoms with Gasteiger partial charge in [0.1, 0.15) is 0 Å². The molecule has 1 aromatic carbocycles. The van der Waals surface area contributed by atoms with Crippen LogP contribution in [0, 0.1) is 5.92 Å². The van der Waals surface area contributed by atoms with Crippen molar-refractivity contribution in [2.24, 2.45) is 5.92 Å². The predicted octanol–water partition coefficient (Wildman–Crippen LogP) is 3.53. The number of rotatable bonds is 4. The maximum atomic E-state index is 6.04. The molecule has 1 fully saturated rings. The summed E-state index contributed by atoms with van der Waals surface area (Å²) in [5.41, 5.74) is 1.26. The molecule has 0 saturated carbocycles. The minimum atomic E-state index is 0.809. The molecule has 1 heterocycles. The Morgan fingerprint density at radius 2 is 2.11 bits per heavy atom. The Kier molecular flexibility index (Phi) is 5.49. The Balaban J connectivity index is 1.89. The van der Waals surface area contributed by atoms with E-state index in [-0.39, 0.29) is 0 Å². The molecule has 1 aliphatic rings. The van der Waals surface area contributed by atoms with Gasteiger partial charge in [-0.05, 0) is 62.7 Å². The Morgan fingerprint density at radius 3 is 2.83 bits per heavy atom. The summed E-state index contributed by atoms with van der Waals surface area (Å²) in [4.78, 5) is 2.40. The topological polar surface area (TPSA) is 15.3 Å². The van der Waals surface area contributed by atoms with Crippen molar-refractivity contribution >= 4 is 27.5 Å². The van der Waals surface area contributed by atoms with Crippen LogP contribution in [0.25, 0.3) is 0 Å². The molecule has 2 rings (SSSR count). The van der Waals surface area contributed by atoms with Crippen molar-refractivity contribution in [1.29, 1.82) is 0 Å².